The van der Waals surface area contributed by atoms with Crippen molar-refractivity contribution in [2.24, 2.45) is 5.92 Å². The quantitative estimate of drug-likeness (QED) is 0.897. The molecule has 20 heavy (non-hydrogen) atoms. The van der Waals surface area contributed by atoms with Crippen molar-refractivity contribution < 1.29 is 18.3 Å². The van der Waals surface area contributed by atoms with E-state index in [0.717, 1.165) is 19.1 Å². The smallest absolute Gasteiger partial charge is 0.253 e. The molecule has 0 heterocycles. The minimum Gasteiger partial charge on any atom is -0.393 e. The zero-order chi connectivity index (χ0) is 14.9. The van der Waals surface area contributed by atoms with Gasteiger partial charge in [0.25, 0.3) is 5.91 Å². The van der Waals surface area contributed by atoms with Crippen LogP contribution in [0.1, 0.15) is 23.2 Å². The van der Waals surface area contributed by atoms with Crippen molar-refractivity contribution in [1.29, 1.82) is 0 Å². The third kappa shape index (κ3) is 3.37. The number of benzene rings is 1. The van der Waals surface area contributed by atoms with Gasteiger partial charge in [-0.2, -0.15) is 0 Å². The van der Waals surface area contributed by atoms with E-state index in [1.165, 1.54) is 12.1 Å². The van der Waals surface area contributed by atoms with Crippen LogP contribution in [0.25, 0.3) is 0 Å². The average molecular weight is 297 g/mol. The van der Waals surface area contributed by atoms with Gasteiger partial charge in [0.1, 0.15) is 0 Å². The molecule has 0 radical (unpaired) electrons. The minimum atomic E-state index is -3.31. The van der Waals surface area contributed by atoms with Gasteiger partial charge in [-0.05, 0) is 37.0 Å². The second-order valence-corrected chi connectivity index (χ2v) is 7.49. The van der Waals surface area contributed by atoms with E-state index in [0.29, 0.717) is 18.0 Å². The topological polar surface area (TPSA) is 74.7 Å². The van der Waals surface area contributed by atoms with Crippen LogP contribution < -0.4 is 0 Å². The largest absolute Gasteiger partial charge is 0.393 e. The number of rotatable bonds is 4. The first kappa shape index (κ1) is 15.0. The summed E-state index contributed by atoms with van der Waals surface area (Å²) in [6.07, 6.45) is 2.33. The molecule has 1 aliphatic carbocycles. The zero-order valence-corrected chi connectivity index (χ0v) is 12.4. The highest BCUT2D eigenvalue weighted by Gasteiger charge is 2.29. The molecular weight excluding hydrogens is 278 g/mol. The molecule has 1 saturated carbocycles. The zero-order valence-electron chi connectivity index (χ0n) is 11.6. The van der Waals surface area contributed by atoms with Crippen molar-refractivity contribution in [3.8, 4) is 0 Å². The predicted octanol–water partition coefficient (Wildman–Crippen LogP) is 0.933. The third-order valence-electron chi connectivity index (χ3n) is 3.60. The summed E-state index contributed by atoms with van der Waals surface area (Å²) in [5.41, 5.74) is 0.371. The molecule has 5 nitrogen and oxygen atoms in total. The molecule has 1 fully saturated rings. The molecule has 6 heteroatoms. The Morgan fingerprint density at radius 3 is 2.60 bits per heavy atom. The summed E-state index contributed by atoms with van der Waals surface area (Å²) in [6, 6.07) is 6.08. The van der Waals surface area contributed by atoms with Gasteiger partial charge in [0, 0.05) is 25.4 Å². The number of aliphatic hydroxyl groups excluding tert-OH is 1. The Balaban J connectivity index is 2.08. The van der Waals surface area contributed by atoms with Gasteiger partial charge in [-0.25, -0.2) is 8.42 Å². The van der Waals surface area contributed by atoms with Crippen molar-refractivity contribution in [3.05, 3.63) is 29.8 Å². The third-order valence-corrected chi connectivity index (χ3v) is 4.71. The van der Waals surface area contributed by atoms with Crippen molar-refractivity contribution >= 4 is 15.7 Å². The standard InChI is InChI=1S/C14H19NO4S/c1-15(9-10-6-12(16)7-10)14(17)11-4-3-5-13(8-11)20(2,18)19/h3-5,8,10,12,16H,6-7,9H2,1-2H3. The number of carbonyl (C=O) groups excluding carboxylic acids is 1. The average Bonchev–Trinajstić information content (AvgIpc) is 2.35. The number of amides is 1. The lowest BCUT2D eigenvalue weighted by atomic mass is 9.82. The Morgan fingerprint density at radius 1 is 1.40 bits per heavy atom. The molecule has 0 aromatic heterocycles. The Kier molecular flexibility index (Phi) is 4.15. The first-order valence-corrected chi connectivity index (χ1v) is 8.40. The molecule has 0 saturated heterocycles. The highest BCUT2D eigenvalue weighted by molar-refractivity contribution is 7.90. The fourth-order valence-corrected chi connectivity index (χ4v) is 3.07. The molecule has 1 N–H and O–H groups in total. The van der Waals surface area contributed by atoms with Crippen molar-refractivity contribution in [2.45, 2.75) is 23.8 Å². The van der Waals surface area contributed by atoms with Gasteiger partial charge in [0.15, 0.2) is 9.84 Å². The summed E-state index contributed by atoms with van der Waals surface area (Å²) in [5, 5.41) is 9.24. The maximum atomic E-state index is 12.2. The molecule has 1 aromatic rings. The van der Waals surface area contributed by atoms with Crippen LogP contribution in [-0.4, -0.2) is 50.3 Å². The van der Waals surface area contributed by atoms with Crippen LogP contribution in [0.3, 0.4) is 0 Å². The van der Waals surface area contributed by atoms with E-state index in [4.69, 9.17) is 0 Å². The Bertz CT molecular complexity index is 605. The summed E-state index contributed by atoms with van der Waals surface area (Å²) in [7, 11) is -1.62. The van der Waals surface area contributed by atoms with E-state index in [2.05, 4.69) is 0 Å². The molecule has 0 spiro atoms. The van der Waals surface area contributed by atoms with E-state index < -0.39 is 9.84 Å². The maximum absolute atomic E-state index is 12.2. The van der Waals surface area contributed by atoms with Crippen LogP contribution in [0, 0.1) is 5.92 Å². The van der Waals surface area contributed by atoms with Crippen molar-refractivity contribution in [2.75, 3.05) is 19.8 Å². The molecule has 0 atom stereocenters. The van der Waals surface area contributed by atoms with Gasteiger partial charge in [-0.3, -0.25) is 4.79 Å². The highest BCUT2D eigenvalue weighted by Crippen LogP contribution is 2.28. The Morgan fingerprint density at radius 2 is 2.05 bits per heavy atom. The van der Waals surface area contributed by atoms with Crippen molar-refractivity contribution in [3.63, 3.8) is 0 Å². The summed E-state index contributed by atoms with van der Waals surface area (Å²) in [6.45, 7) is 0.582. The summed E-state index contributed by atoms with van der Waals surface area (Å²) >= 11 is 0. The lowest BCUT2D eigenvalue weighted by Crippen LogP contribution is -2.39. The number of aliphatic hydroxyl groups is 1. The van der Waals surface area contributed by atoms with Gasteiger partial charge < -0.3 is 10.0 Å². The summed E-state index contributed by atoms with van der Waals surface area (Å²) in [4.78, 5) is 14.0. The lowest BCUT2D eigenvalue weighted by Gasteiger charge is -2.34. The molecule has 1 aromatic carbocycles. The van der Waals surface area contributed by atoms with Crippen LogP contribution >= 0.6 is 0 Å². The number of sulfone groups is 1. The van der Waals surface area contributed by atoms with E-state index in [1.54, 1.807) is 24.1 Å². The maximum Gasteiger partial charge on any atom is 0.253 e. The monoisotopic (exact) mass is 297 g/mol. The molecule has 1 aliphatic rings. The van der Waals surface area contributed by atoms with Gasteiger partial charge in [0.2, 0.25) is 0 Å². The summed E-state index contributed by atoms with van der Waals surface area (Å²) < 4.78 is 23.0. The fraction of sp³-hybridized carbons (Fsp3) is 0.500. The van der Waals surface area contributed by atoms with E-state index in [-0.39, 0.29) is 16.9 Å². The van der Waals surface area contributed by atoms with E-state index >= 15 is 0 Å². The Hall–Kier alpha value is -1.40. The van der Waals surface area contributed by atoms with Gasteiger partial charge in [-0.15, -0.1) is 0 Å². The second-order valence-electron chi connectivity index (χ2n) is 5.48. The second kappa shape index (κ2) is 5.54. The van der Waals surface area contributed by atoms with Crippen LogP contribution in [0.5, 0.6) is 0 Å². The van der Waals surface area contributed by atoms with E-state index in [1.807, 2.05) is 0 Å². The number of nitrogens with zero attached hydrogens (tertiary/aromatic N) is 1. The number of hydrogen-bond acceptors (Lipinski definition) is 4. The normalized spacial score (nSPS) is 22.1. The van der Waals surface area contributed by atoms with E-state index in [9.17, 15) is 18.3 Å². The lowest BCUT2D eigenvalue weighted by molar-refractivity contribution is 0.0265. The highest BCUT2D eigenvalue weighted by atomic mass is 32.2. The van der Waals surface area contributed by atoms with Crippen LogP contribution in [0.2, 0.25) is 0 Å². The molecule has 0 unspecified atom stereocenters. The van der Waals surface area contributed by atoms with Crippen LogP contribution in [0.4, 0.5) is 0 Å². The van der Waals surface area contributed by atoms with Gasteiger partial charge in [-0.1, -0.05) is 6.07 Å². The number of carbonyl (C=O) groups is 1. The molecule has 1 amide bonds. The predicted molar refractivity (Wildman–Crippen MR) is 75.2 cm³/mol. The molecule has 2 rings (SSSR count). The first-order valence-electron chi connectivity index (χ1n) is 6.51. The molecule has 0 bridgehead atoms. The molecule has 0 aliphatic heterocycles. The van der Waals surface area contributed by atoms with Gasteiger partial charge in [0.05, 0.1) is 11.0 Å². The fourth-order valence-electron chi connectivity index (χ4n) is 2.40. The molecular formula is C14H19NO4S. The van der Waals surface area contributed by atoms with Crippen LogP contribution in [0.15, 0.2) is 29.2 Å². The first-order chi connectivity index (χ1) is 9.27. The summed E-state index contributed by atoms with van der Waals surface area (Å²) in [5.74, 6) is 0.133. The van der Waals surface area contributed by atoms with Crippen LogP contribution in [-0.2, 0) is 9.84 Å². The van der Waals surface area contributed by atoms with Gasteiger partial charge >= 0.3 is 0 Å². The number of hydrogen-bond donors (Lipinski definition) is 1. The Labute approximate surface area is 119 Å². The molecule has 110 valence electrons. The SMILES string of the molecule is CN(CC1CC(O)C1)C(=O)c1cccc(S(C)(=O)=O)c1. The van der Waals surface area contributed by atoms with Crippen molar-refractivity contribution in [1.82, 2.24) is 4.90 Å². The minimum absolute atomic E-state index is 0.149.